The van der Waals surface area contributed by atoms with Crippen LogP contribution in [0.3, 0.4) is 0 Å². The van der Waals surface area contributed by atoms with E-state index < -0.39 is 11.4 Å². The summed E-state index contributed by atoms with van der Waals surface area (Å²) in [6.45, 7) is 1.88. The van der Waals surface area contributed by atoms with Gasteiger partial charge in [0.15, 0.2) is 0 Å². The van der Waals surface area contributed by atoms with E-state index in [0.29, 0.717) is 12.8 Å². The fourth-order valence-electron chi connectivity index (χ4n) is 0.425. The molecular weight excluding hydrogens is 207 g/mol. The topological polar surface area (TPSA) is 94.5 Å². The summed E-state index contributed by atoms with van der Waals surface area (Å²) >= 11 is -2.86. The number of rotatable bonds is 4. The molecule has 0 saturated heterocycles. The Kier molecular flexibility index (Phi) is 21.9. The summed E-state index contributed by atoms with van der Waals surface area (Å²) in [6.07, 6.45) is 2.68. The molecular formula is C6H11NaO5S. The fourth-order valence-corrected chi connectivity index (χ4v) is 0.425. The van der Waals surface area contributed by atoms with E-state index >= 15 is 0 Å². The number of hydrogen-bond donors (Lipinski definition) is 1. The molecule has 72 valence electrons. The van der Waals surface area contributed by atoms with Gasteiger partial charge in [-0.25, -0.2) is 4.21 Å². The molecule has 1 unspecified atom stereocenters. The van der Waals surface area contributed by atoms with Crippen LogP contribution in [-0.4, -0.2) is 25.9 Å². The Morgan fingerprint density at radius 3 is 1.77 bits per heavy atom. The van der Waals surface area contributed by atoms with Crippen LogP contribution in [0.4, 0.5) is 0 Å². The molecule has 0 aromatic heterocycles. The second-order valence-corrected chi connectivity index (χ2v) is 2.56. The first-order valence-electron chi connectivity index (χ1n) is 3.20. The van der Waals surface area contributed by atoms with Crippen molar-refractivity contribution in [2.45, 2.75) is 19.8 Å². The predicted molar refractivity (Wildman–Crippen MR) is 42.1 cm³/mol. The SMILES string of the molecule is CC(CC=O)CC=O.O=S([O-])O.[Na+]. The smallest absolute Gasteiger partial charge is 0.750 e. The molecule has 0 aliphatic rings. The molecule has 5 nitrogen and oxygen atoms in total. The van der Waals surface area contributed by atoms with E-state index in [-0.39, 0.29) is 35.5 Å². The molecule has 0 spiro atoms. The summed E-state index contributed by atoms with van der Waals surface area (Å²) in [4.78, 5) is 19.5. The molecule has 0 aromatic carbocycles. The van der Waals surface area contributed by atoms with Crippen molar-refractivity contribution in [1.82, 2.24) is 0 Å². The first-order valence-corrected chi connectivity index (χ1v) is 4.23. The van der Waals surface area contributed by atoms with Crippen molar-refractivity contribution in [3.63, 3.8) is 0 Å². The zero-order valence-electron chi connectivity index (χ0n) is 7.63. The zero-order valence-corrected chi connectivity index (χ0v) is 10.5. The van der Waals surface area contributed by atoms with Crippen LogP contribution in [0.1, 0.15) is 19.8 Å². The summed E-state index contributed by atoms with van der Waals surface area (Å²) in [6, 6.07) is 0. The summed E-state index contributed by atoms with van der Waals surface area (Å²) in [5, 5.41) is 0. The Hall–Kier alpha value is 0.410. The van der Waals surface area contributed by atoms with Crippen LogP contribution in [0, 0.1) is 5.92 Å². The van der Waals surface area contributed by atoms with Gasteiger partial charge in [-0.05, 0) is 5.92 Å². The molecule has 13 heavy (non-hydrogen) atoms. The summed E-state index contributed by atoms with van der Waals surface area (Å²) in [7, 11) is 0. The standard InChI is InChI=1S/C6H10O2.Na.H2O3S/c1-6(2-4-7)3-5-8;;1-4(2)3/h4-6H,2-3H2,1H3;;(H2,1,2,3)/q;+1;/p-1. The molecule has 1 atom stereocenters. The van der Waals surface area contributed by atoms with Gasteiger partial charge in [0.25, 0.3) is 0 Å². The molecule has 0 radical (unpaired) electrons. The van der Waals surface area contributed by atoms with Gasteiger partial charge in [-0.3, -0.25) is 0 Å². The van der Waals surface area contributed by atoms with E-state index in [0.717, 1.165) is 12.6 Å². The van der Waals surface area contributed by atoms with Gasteiger partial charge < -0.3 is 18.7 Å². The largest absolute Gasteiger partial charge is 1.00 e. The normalized spacial score (nSPS) is 10.5. The third-order valence-corrected chi connectivity index (χ3v) is 0.997. The van der Waals surface area contributed by atoms with E-state index in [1.165, 1.54) is 0 Å². The fraction of sp³-hybridized carbons (Fsp3) is 0.667. The number of carbonyl (C=O) groups excluding carboxylic acids is 2. The molecule has 0 aromatic rings. The maximum atomic E-state index is 9.77. The zero-order chi connectivity index (χ0) is 9.98. The van der Waals surface area contributed by atoms with Crippen molar-refractivity contribution < 1.29 is 52.5 Å². The maximum absolute atomic E-state index is 9.77. The quantitative estimate of drug-likeness (QED) is 0.311. The van der Waals surface area contributed by atoms with Gasteiger partial charge in [0.1, 0.15) is 12.6 Å². The Balaban J connectivity index is -0.000000173. The predicted octanol–water partition coefficient (Wildman–Crippen LogP) is -2.86. The Labute approximate surface area is 102 Å². The van der Waals surface area contributed by atoms with Gasteiger partial charge in [-0.2, -0.15) is 0 Å². The van der Waals surface area contributed by atoms with E-state index in [1.54, 1.807) is 0 Å². The number of aldehydes is 2. The second kappa shape index (κ2) is 14.9. The van der Waals surface area contributed by atoms with Crippen LogP contribution in [0.2, 0.25) is 0 Å². The molecule has 0 fully saturated rings. The Morgan fingerprint density at radius 1 is 1.38 bits per heavy atom. The van der Waals surface area contributed by atoms with E-state index in [4.69, 9.17) is 13.3 Å². The van der Waals surface area contributed by atoms with Gasteiger partial charge in [-0.15, -0.1) is 0 Å². The Morgan fingerprint density at radius 2 is 1.62 bits per heavy atom. The van der Waals surface area contributed by atoms with Gasteiger partial charge in [-0.1, -0.05) is 6.92 Å². The average Bonchev–Trinajstić information content (AvgIpc) is 1.87. The molecule has 0 bridgehead atoms. The minimum atomic E-state index is -2.86. The molecule has 0 aliphatic carbocycles. The van der Waals surface area contributed by atoms with Crippen LogP contribution in [0.5, 0.6) is 0 Å². The number of carbonyl (C=O) groups is 2. The molecule has 0 aliphatic heterocycles. The second-order valence-electron chi connectivity index (χ2n) is 2.13. The minimum Gasteiger partial charge on any atom is -0.750 e. The van der Waals surface area contributed by atoms with Crippen molar-refractivity contribution in [3.8, 4) is 0 Å². The Bertz CT molecular complexity index is 138. The van der Waals surface area contributed by atoms with Gasteiger partial charge in [0.05, 0.1) is 11.4 Å². The monoisotopic (exact) mass is 218 g/mol. The molecule has 0 saturated carbocycles. The summed E-state index contributed by atoms with van der Waals surface area (Å²) in [5.41, 5.74) is 0. The van der Waals surface area contributed by atoms with Crippen LogP contribution in [0.25, 0.3) is 0 Å². The summed E-state index contributed by atoms with van der Waals surface area (Å²) in [5.74, 6) is 0.227. The van der Waals surface area contributed by atoms with Crippen LogP contribution in [0.15, 0.2) is 0 Å². The first kappa shape index (κ1) is 19.1. The van der Waals surface area contributed by atoms with Gasteiger partial charge in [0.2, 0.25) is 0 Å². The number of hydrogen-bond acceptors (Lipinski definition) is 4. The first-order chi connectivity index (χ1) is 5.54. The van der Waals surface area contributed by atoms with Crippen molar-refractivity contribution >= 4 is 23.9 Å². The van der Waals surface area contributed by atoms with Crippen molar-refractivity contribution in [3.05, 3.63) is 0 Å². The van der Waals surface area contributed by atoms with Gasteiger partial charge in [0, 0.05) is 12.8 Å². The van der Waals surface area contributed by atoms with Crippen LogP contribution < -0.4 is 29.6 Å². The minimum absolute atomic E-state index is 0. The van der Waals surface area contributed by atoms with E-state index in [1.807, 2.05) is 6.92 Å². The van der Waals surface area contributed by atoms with Crippen LogP contribution >= 0.6 is 0 Å². The van der Waals surface area contributed by atoms with Crippen LogP contribution in [-0.2, 0) is 21.0 Å². The van der Waals surface area contributed by atoms with Crippen molar-refractivity contribution in [1.29, 1.82) is 0 Å². The van der Waals surface area contributed by atoms with E-state index in [9.17, 15) is 9.59 Å². The third kappa shape index (κ3) is 32.7. The van der Waals surface area contributed by atoms with Crippen molar-refractivity contribution in [2.24, 2.45) is 5.92 Å². The molecule has 0 rings (SSSR count). The third-order valence-electron chi connectivity index (χ3n) is 0.997. The average molecular weight is 218 g/mol. The van der Waals surface area contributed by atoms with Crippen molar-refractivity contribution in [2.75, 3.05) is 0 Å². The molecule has 0 amide bonds. The molecule has 7 heteroatoms. The van der Waals surface area contributed by atoms with E-state index in [2.05, 4.69) is 0 Å². The van der Waals surface area contributed by atoms with Gasteiger partial charge >= 0.3 is 29.6 Å². The maximum Gasteiger partial charge on any atom is 1.00 e. The molecule has 0 heterocycles. The molecule has 1 N–H and O–H groups in total. The summed E-state index contributed by atoms with van der Waals surface area (Å²) < 4.78 is 24.1.